The highest BCUT2D eigenvalue weighted by molar-refractivity contribution is 9.11. The van der Waals surface area contributed by atoms with Crippen molar-refractivity contribution in [2.75, 3.05) is 14.2 Å². The summed E-state index contributed by atoms with van der Waals surface area (Å²) < 4.78 is 17.7. The summed E-state index contributed by atoms with van der Waals surface area (Å²) >= 11 is 3.61. The van der Waals surface area contributed by atoms with Crippen LogP contribution in [0.3, 0.4) is 0 Å². The van der Waals surface area contributed by atoms with E-state index in [2.05, 4.69) is 104 Å². The van der Waals surface area contributed by atoms with E-state index in [-0.39, 0.29) is 16.2 Å². The van der Waals surface area contributed by atoms with Gasteiger partial charge in [-0.25, -0.2) is 0 Å². The van der Waals surface area contributed by atoms with Gasteiger partial charge in [0.2, 0.25) is 0 Å². The molecular formula is C26H41BrNO2P. The van der Waals surface area contributed by atoms with Crippen molar-refractivity contribution < 1.29 is 9.47 Å². The number of halogens is 1. The van der Waals surface area contributed by atoms with E-state index in [1.807, 2.05) is 0 Å². The van der Waals surface area contributed by atoms with Crippen LogP contribution in [0.25, 0.3) is 0 Å². The van der Waals surface area contributed by atoms with E-state index in [1.54, 1.807) is 14.2 Å². The first-order valence-electron chi connectivity index (χ1n) is 10.9. The van der Waals surface area contributed by atoms with Gasteiger partial charge in [0.05, 0.1) is 27.0 Å². The average Bonchev–Trinajstić information content (AvgIpc) is 3.20. The third-order valence-electron chi connectivity index (χ3n) is 6.02. The van der Waals surface area contributed by atoms with Gasteiger partial charge in [-0.3, -0.25) is 4.74 Å². The molecule has 0 amide bonds. The van der Waals surface area contributed by atoms with E-state index in [0.29, 0.717) is 0 Å². The Labute approximate surface area is 198 Å². The molecule has 0 N–H and O–H groups in total. The van der Waals surface area contributed by atoms with Gasteiger partial charge in [0.25, 0.3) is 0 Å². The Balaban J connectivity index is 3.06. The normalized spacial score (nSPS) is 20.5. The van der Waals surface area contributed by atoms with E-state index in [4.69, 9.17) is 14.2 Å². The highest BCUT2D eigenvalue weighted by Crippen LogP contribution is 2.85. The summed E-state index contributed by atoms with van der Waals surface area (Å²) in [7, 11) is 1.36. The van der Waals surface area contributed by atoms with Gasteiger partial charge in [0.15, 0.2) is 4.67 Å². The molecule has 1 aromatic carbocycles. The van der Waals surface area contributed by atoms with Crippen LogP contribution in [0.5, 0.6) is 0 Å². The Kier molecular flexibility index (Phi) is 7.13. The third-order valence-corrected chi connectivity index (χ3v) is 11.0. The summed E-state index contributed by atoms with van der Waals surface area (Å²) in [5.41, 5.74) is 6.04. The van der Waals surface area contributed by atoms with Gasteiger partial charge in [-0.15, -0.1) is 0 Å². The van der Waals surface area contributed by atoms with Gasteiger partial charge in [-0.05, 0) is 62.7 Å². The van der Waals surface area contributed by atoms with E-state index in [1.165, 1.54) is 22.0 Å². The molecule has 0 aliphatic carbocycles. The van der Waals surface area contributed by atoms with Crippen LogP contribution < -0.4 is 0 Å². The molecule has 3 nitrogen and oxygen atoms in total. The molecule has 5 heteroatoms. The fourth-order valence-electron chi connectivity index (χ4n) is 3.94. The molecule has 0 saturated carbocycles. The molecule has 0 bridgehead atoms. The van der Waals surface area contributed by atoms with Crippen molar-refractivity contribution in [3.63, 3.8) is 0 Å². The van der Waals surface area contributed by atoms with E-state index in [9.17, 15) is 0 Å². The van der Waals surface area contributed by atoms with Gasteiger partial charge in [0.1, 0.15) is 5.50 Å². The average molecular weight is 510 g/mol. The molecule has 1 unspecified atom stereocenters. The molecule has 0 fully saturated rings. The number of rotatable bonds is 4. The van der Waals surface area contributed by atoms with Crippen molar-refractivity contribution in [2.45, 2.75) is 92.4 Å². The lowest BCUT2D eigenvalue weighted by molar-refractivity contribution is 0.324. The van der Waals surface area contributed by atoms with Crippen LogP contribution in [0.15, 0.2) is 37.7 Å². The standard InChI is InChI=1S/C26H41BrNO2P/c1-16(22(27)29-12)31(17(2)23(31)30-13)28-21-19(25(6,7)8)14-18(24(3,4)5)15-20(21)26(9,10)11/h14-15H,1-13H3/b22-16-. The van der Waals surface area contributed by atoms with Gasteiger partial charge < -0.3 is 9.47 Å². The smallest absolute Gasteiger partial charge is 0.167 e. The van der Waals surface area contributed by atoms with Crippen molar-refractivity contribution in [3.05, 3.63) is 49.6 Å². The minimum absolute atomic E-state index is 0.0443. The Morgan fingerprint density at radius 1 is 0.871 bits per heavy atom. The van der Waals surface area contributed by atoms with Crippen LogP contribution in [0.4, 0.5) is 5.69 Å². The van der Waals surface area contributed by atoms with Gasteiger partial charge in [-0.2, -0.15) is 0 Å². The zero-order valence-corrected chi connectivity index (χ0v) is 24.2. The first-order chi connectivity index (χ1) is 13.9. The molecule has 1 aliphatic heterocycles. The highest BCUT2D eigenvalue weighted by Gasteiger charge is 2.49. The number of allylic oxidation sites excluding steroid dienone is 2. The molecule has 1 atom stereocenters. The zero-order chi connectivity index (χ0) is 24.2. The van der Waals surface area contributed by atoms with Crippen LogP contribution in [0, 0.1) is 0 Å². The maximum absolute atomic E-state index is 5.83. The molecule has 174 valence electrons. The van der Waals surface area contributed by atoms with E-state index in [0.717, 1.165) is 21.2 Å². The van der Waals surface area contributed by atoms with Gasteiger partial charge in [0, 0.05) is 10.6 Å². The SMILES string of the molecule is COC1=C(C)P1(=Nc1c(C(C)(C)C)cc(C(C)(C)C)cc1C(C)(C)C)/C(C)=C(/Br)OC. The molecule has 1 heterocycles. The lowest BCUT2D eigenvalue weighted by Gasteiger charge is -2.32. The summed E-state index contributed by atoms with van der Waals surface area (Å²) in [6.07, 6.45) is 0. The molecule has 0 saturated heterocycles. The predicted molar refractivity (Wildman–Crippen MR) is 140 cm³/mol. The van der Waals surface area contributed by atoms with Crippen molar-refractivity contribution in [2.24, 2.45) is 4.74 Å². The molecule has 1 aliphatic rings. The predicted octanol–water partition coefficient (Wildman–Crippen LogP) is 9.49. The first-order valence-corrected chi connectivity index (χ1v) is 13.4. The number of ether oxygens (including phenoxy) is 2. The Hall–Kier alpha value is -0.990. The van der Waals surface area contributed by atoms with Gasteiger partial charge >= 0.3 is 0 Å². The zero-order valence-electron chi connectivity index (χ0n) is 21.7. The lowest BCUT2D eigenvalue weighted by Crippen LogP contribution is -2.21. The van der Waals surface area contributed by atoms with Gasteiger partial charge in [-0.1, -0.05) is 74.4 Å². The number of hydrogen-bond donors (Lipinski definition) is 0. The molecular weight excluding hydrogens is 469 g/mol. The maximum Gasteiger partial charge on any atom is 0.167 e. The Morgan fingerprint density at radius 3 is 1.61 bits per heavy atom. The summed E-state index contributed by atoms with van der Waals surface area (Å²) in [6, 6.07) is 4.75. The summed E-state index contributed by atoms with van der Waals surface area (Å²) in [5.74, 6) is 0. The summed E-state index contributed by atoms with van der Waals surface area (Å²) in [5, 5.41) is 2.35. The topological polar surface area (TPSA) is 30.8 Å². The van der Waals surface area contributed by atoms with Crippen molar-refractivity contribution in [1.29, 1.82) is 0 Å². The maximum atomic E-state index is 5.83. The Bertz CT molecular complexity index is 961. The van der Waals surface area contributed by atoms with Crippen molar-refractivity contribution in [3.8, 4) is 0 Å². The second-order valence-electron chi connectivity index (χ2n) is 11.6. The summed E-state index contributed by atoms with van der Waals surface area (Å²) in [4.78, 5) is 0. The van der Waals surface area contributed by atoms with Crippen LogP contribution in [0.2, 0.25) is 0 Å². The molecule has 2 rings (SSSR count). The van der Waals surface area contributed by atoms with Crippen LogP contribution in [-0.4, -0.2) is 14.2 Å². The van der Waals surface area contributed by atoms with Crippen LogP contribution in [0.1, 0.15) is 92.9 Å². The quantitative estimate of drug-likeness (QED) is 0.298. The summed E-state index contributed by atoms with van der Waals surface area (Å²) in [6.45, 7) is 24.8. The monoisotopic (exact) mass is 509 g/mol. The third kappa shape index (κ3) is 4.86. The highest BCUT2D eigenvalue weighted by atomic mass is 79.9. The molecule has 31 heavy (non-hydrogen) atoms. The van der Waals surface area contributed by atoms with Crippen molar-refractivity contribution in [1.82, 2.24) is 0 Å². The fraction of sp³-hybridized carbons (Fsp3) is 0.615. The number of hydrogen-bond acceptors (Lipinski definition) is 3. The number of nitrogens with zero attached hydrogens (tertiary/aromatic N) is 1. The first kappa shape index (κ1) is 26.3. The number of benzene rings is 1. The van der Waals surface area contributed by atoms with Crippen LogP contribution in [-0.2, 0) is 25.7 Å². The van der Waals surface area contributed by atoms with E-state index < -0.39 is 7.05 Å². The minimum atomic E-state index is -2.08. The van der Waals surface area contributed by atoms with Crippen molar-refractivity contribution >= 4 is 28.7 Å². The lowest BCUT2D eigenvalue weighted by atomic mass is 9.74. The Morgan fingerprint density at radius 2 is 1.32 bits per heavy atom. The van der Waals surface area contributed by atoms with Crippen LogP contribution >= 0.6 is 23.0 Å². The second-order valence-corrected chi connectivity index (χ2v) is 15.5. The molecule has 1 aromatic rings. The fourth-order valence-corrected chi connectivity index (χ4v) is 8.05. The molecule has 0 spiro atoms. The molecule has 0 radical (unpaired) electrons. The number of methoxy groups -OCH3 is 2. The molecule has 0 aromatic heterocycles. The second kappa shape index (κ2) is 8.41. The minimum Gasteiger partial charge on any atom is -0.494 e. The van der Waals surface area contributed by atoms with E-state index >= 15 is 0 Å². The largest absolute Gasteiger partial charge is 0.494 e.